The fourth-order valence-electron chi connectivity index (χ4n) is 2.12. The quantitative estimate of drug-likeness (QED) is 0.454. The molecule has 0 radical (unpaired) electrons. The third-order valence-corrected chi connectivity index (χ3v) is 4.00. The Morgan fingerprint density at radius 2 is 2.11 bits per heavy atom. The maximum absolute atomic E-state index is 8.66. The lowest BCUT2D eigenvalue weighted by Gasteiger charge is -2.37. The Morgan fingerprint density at radius 1 is 1.37 bits per heavy atom. The zero-order chi connectivity index (χ0) is 13.7. The fourth-order valence-corrected chi connectivity index (χ4v) is 2.87. The standard InChI is InChI=1S/C13H15ClN4S/c1-19-13(16-10-15)18-7-5-17(6-8-18)12-4-2-3-11(14)9-12/h2-4,9H,5-8H2,1H3. The van der Waals surface area contributed by atoms with Crippen molar-refractivity contribution in [2.75, 3.05) is 37.3 Å². The van der Waals surface area contributed by atoms with Crippen LogP contribution in [0.25, 0.3) is 0 Å². The van der Waals surface area contributed by atoms with E-state index in [4.69, 9.17) is 16.9 Å². The molecule has 100 valence electrons. The van der Waals surface area contributed by atoms with Crippen LogP contribution in [0.3, 0.4) is 0 Å². The normalized spacial score (nSPS) is 16.4. The SMILES string of the molecule is CSC(=NC#N)N1CCN(c2cccc(Cl)c2)CC1. The van der Waals surface area contributed by atoms with Gasteiger partial charge in [-0.3, -0.25) is 0 Å². The van der Waals surface area contributed by atoms with Crippen molar-refractivity contribution in [3.05, 3.63) is 29.3 Å². The van der Waals surface area contributed by atoms with Gasteiger partial charge in [-0.1, -0.05) is 29.4 Å². The van der Waals surface area contributed by atoms with Crippen molar-refractivity contribution < 1.29 is 0 Å². The van der Waals surface area contributed by atoms with Gasteiger partial charge in [0.1, 0.15) is 0 Å². The number of anilines is 1. The van der Waals surface area contributed by atoms with Crippen LogP contribution in [0.2, 0.25) is 5.02 Å². The van der Waals surface area contributed by atoms with Gasteiger partial charge in [0, 0.05) is 36.9 Å². The lowest BCUT2D eigenvalue weighted by Crippen LogP contribution is -2.48. The number of nitrogens with zero attached hydrogens (tertiary/aromatic N) is 4. The molecule has 0 bridgehead atoms. The van der Waals surface area contributed by atoms with Crippen LogP contribution in [0.15, 0.2) is 29.3 Å². The molecule has 1 aliphatic rings. The molecule has 0 spiro atoms. The summed E-state index contributed by atoms with van der Waals surface area (Å²) in [5.41, 5.74) is 1.15. The number of nitriles is 1. The van der Waals surface area contributed by atoms with Gasteiger partial charge in [0.25, 0.3) is 0 Å². The second-order valence-electron chi connectivity index (χ2n) is 4.15. The Kier molecular flexibility index (Phi) is 4.94. The summed E-state index contributed by atoms with van der Waals surface area (Å²) < 4.78 is 0. The van der Waals surface area contributed by atoms with Gasteiger partial charge in [0.05, 0.1) is 0 Å². The van der Waals surface area contributed by atoms with E-state index in [2.05, 4.69) is 20.9 Å². The molecule has 0 unspecified atom stereocenters. The molecule has 0 N–H and O–H groups in total. The second kappa shape index (κ2) is 6.69. The molecule has 0 aliphatic carbocycles. The highest BCUT2D eigenvalue weighted by atomic mass is 35.5. The van der Waals surface area contributed by atoms with Crippen LogP contribution >= 0.6 is 23.4 Å². The molecular weight excluding hydrogens is 280 g/mol. The largest absolute Gasteiger partial charge is 0.368 e. The van der Waals surface area contributed by atoms with E-state index in [-0.39, 0.29) is 0 Å². The third kappa shape index (κ3) is 3.55. The van der Waals surface area contributed by atoms with E-state index in [0.717, 1.165) is 42.1 Å². The van der Waals surface area contributed by atoms with Gasteiger partial charge in [0.15, 0.2) is 5.17 Å². The monoisotopic (exact) mass is 294 g/mol. The highest BCUT2D eigenvalue weighted by Gasteiger charge is 2.19. The number of benzene rings is 1. The van der Waals surface area contributed by atoms with Gasteiger partial charge in [-0.2, -0.15) is 5.26 Å². The molecule has 2 rings (SSSR count). The molecule has 1 fully saturated rings. The Bertz CT molecular complexity index is 504. The Labute approximate surface area is 122 Å². The number of hydrogen-bond acceptors (Lipinski definition) is 4. The molecule has 1 aromatic carbocycles. The lowest BCUT2D eigenvalue weighted by molar-refractivity contribution is 0.392. The molecule has 1 saturated heterocycles. The molecule has 1 aromatic rings. The highest BCUT2D eigenvalue weighted by molar-refractivity contribution is 8.13. The number of piperazine rings is 1. The van der Waals surface area contributed by atoms with Gasteiger partial charge < -0.3 is 9.80 Å². The first-order valence-corrected chi connectivity index (χ1v) is 7.61. The number of rotatable bonds is 1. The first-order valence-electron chi connectivity index (χ1n) is 6.01. The molecule has 1 heterocycles. The van der Waals surface area contributed by atoms with Gasteiger partial charge in [-0.25, -0.2) is 0 Å². The topological polar surface area (TPSA) is 42.6 Å². The van der Waals surface area contributed by atoms with Crippen LogP contribution in [-0.2, 0) is 0 Å². The number of halogens is 1. The number of thioether (sulfide) groups is 1. The second-order valence-corrected chi connectivity index (χ2v) is 5.36. The van der Waals surface area contributed by atoms with Crippen LogP contribution in [-0.4, -0.2) is 42.5 Å². The van der Waals surface area contributed by atoms with Crippen LogP contribution in [0, 0.1) is 11.5 Å². The molecule has 4 nitrogen and oxygen atoms in total. The number of hydrogen-bond donors (Lipinski definition) is 0. The van der Waals surface area contributed by atoms with Crippen molar-refractivity contribution in [2.24, 2.45) is 4.99 Å². The lowest BCUT2D eigenvalue weighted by atomic mass is 10.2. The van der Waals surface area contributed by atoms with E-state index in [9.17, 15) is 0 Å². The van der Waals surface area contributed by atoms with Gasteiger partial charge in [0.2, 0.25) is 6.19 Å². The Morgan fingerprint density at radius 3 is 2.68 bits per heavy atom. The van der Waals surface area contributed by atoms with Crippen LogP contribution < -0.4 is 4.90 Å². The van der Waals surface area contributed by atoms with Gasteiger partial charge >= 0.3 is 0 Å². The van der Waals surface area contributed by atoms with E-state index in [1.807, 2.05) is 30.6 Å². The summed E-state index contributed by atoms with van der Waals surface area (Å²) in [4.78, 5) is 8.30. The summed E-state index contributed by atoms with van der Waals surface area (Å²) in [5.74, 6) is 0. The van der Waals surface area contributed by atoms with E-state index < -0.39 is 0 Å². The predicted octanol–water partition coefficient (Wildman–Crippen LogP) is 2.66. The third-order valence-electron chi connectivity index (χ3n) is 3.05. The first kappa shape index (κ1) is 14.0. The summed E-state index contributed by atoms with van der Waals surface area (Å²) in [6, 6.07) is 7.90. The maximum atomic E-state index is 8.66. The van der Waals surface area contributed by atoms with Crippen molar-refractivity contribution in [1.82, 2.24) is 4.90 Å². The number of aliphatic imine (C=N–C) groups is 1. The first-order chi connectivity index (χ1) is 9.24. The molecule has 0 amide bonds. The molecule has 6 heteroatoms. The molecule has 19 heavy (non-hydrogen) atoms. The van der Waals surface area contributed by atoms with E-state index in [0.29, 0.717) is 0 Å². The summed E-state index contributed by atoms with van der Waals surface area (Å²) in [6.07, 6.45) is 3.80. The average molecular weight is 295 g/mol. The van der Waals surface area contributed by atoms with Crippen LogP contribution in [0.5, 0.6) is 0 Å². The zero-order valence-electron chi connectivity index (χ0n) is 10.7. The minimum atomic E-state index is 0.760. The van der Waals surface area contributed by atoms with Crippen LogP contribution in [0.1, 0.15) is 0 Å². The Balaban J connectivity index is 2.00. The molecule has 0 saturated carbocycles. The van der Waals surface area contributed by atoms with Crippen molar-refractivity contribution in [2.45, 2.75) is 0 Å². The summed E-state index contributed by atoms with van der Waals surface area (Å²) in [7, 11) is 0. The van der Waals surface area contributed by atoms with Crippen molar-refractivity contribution in [3.8, 4) is 6.19 Å². The highest BCUT2D eigenvalue weighted by Crippen LogP contribution is 2.21. The fraction of sp³-hybridized carbons (Fsp3) is 0.385. The zero-order valence-corrected chi connectivity index (χ0v) is 12.3. The van der Waals surface area contributed by atoms with Crippen molar-refractivity contribution in [3.63, 3.8) is 0 Å². The van der Waals surface area contributed by atoms with Crippen LogP contribution in [0.4, 0.5) is 5.69 Å². The summed E-state index contributed by atoms with van der Waals surface area (Å²) >= 11 is 7.53. The van der Waals surface area contributed by atoms with E-state index >= 15 is 0 Å². The van der Waals surface area contributed by atoms with Gasteiger partial charge in [-0.15, -0.1) is 4.99 Å². The average Bonchev–Trinajstić information content (AvgIpc) is 2.45. The molecular formula is C13H15ClN4S. The van der Waals surface area contributed by atoms with E-state index in [1.54, 1.807) is 0 Å². The Hall–Kier alpha value is -1.38. The maximum Gasteiger partial charge on any atom is 0.208 e. The smallest absolute Gasteiger partial charge is 0.208 e. The number of amidine groups is 1. The van der Waals surface area contributed by atoms with Crippen molar-refractivity contribution >= 4 is 34.2 Å². The van der Waals surface area contributed by atoms with Crippen molar-refractivity contribution in [1.29, 1.82) is 5.26 Å². The minimum absolute atomic E-state index is 0.760. The molecule has 0 atom stereocenters. The van der Waals surface area contributed by atoms with Gasteiger partial charge in [-0.05, 0) is 24.5 Å². The minimum Gasteiger partial charge on any atom is -0.368 e. The summed E-state index contributed by atoms with van der Waals surface area (Å²) in [5, 5.41) is 10.2. The summed E-state index contributed by atoms with van der Waals surface area (Å²) in [6.45, 7) is 3.55. The molecule has 0 aromatic heterocycles. The van der Waals surface area contributed by atoms with E-state index in [1.165, 1.54) is 11.8 Å². The molecule has 1 aliphatic heterocycles. The predicted molar refractivity (Wildman–Crippen MR) is 81.8 cm³/mol.